The predicted molar refractivity (Wildman–Crippen MR) is 99.3 cm³/mol. The van der Waals surface area contributed by atoms with E-state index in [1.54, 1.807) is 12.3 Å². The van der Waals surface area contributed by atoms with Gasteiger partial charge < -0.3 is 10.1 Å². The number of morpholine rings is 1. The molecule has 1 amide bonds. The molecule has 0 unspecified atom stereocenters. The fourth-order valence-electron chi connectivity index (χ4n) is 2.97. The van der Waals surface area contributed by atoms with Crippen LogP contribution in [0.4, 0.5) is 4.39 Å². The van der Waals surface area contributed by atoms with Crippen LogP contribution in [0.2, 0.25) is 5.02 Å². The second-order valence-electron chi connectivity index (χ2n) is 7.13. The summed E-state index contributed by atoms with van der Waals surface area (Å²) in [6.07, 6.45) is 1.55. The number of amides is 1. The van der Waals surface area contributed by atoms with Crippen LogP contribution < -0.4 is 5.32 Å². The van der Waals surface area contributed by atoms with Crippen molar-refractivity contribution in [2.75, 3.05) is 32.8 Å². The molecule has 0 atom stereocenters. The fraction of sp³-hybridized carbons (Fsp3) is 0.500. The Hall–Kier alpha value is -2.03. The summed E-state index contributed by atoms with van der Waals surface area (Å²) in [6.45, 7) is 8.07. The lowest BCUT2D eigenvalue weighted by Crippen LogP contribution is -2.55. The topological polar surface area (TPSA) is 72.3 Å². The summed E-state index contributed by atoms with van der Waals surface area (Å²) in [6, 6.07) is 4.17. The number of aromatic nitrogens is 3. The Morgan fingerprint density at radius 2 is 2.11 bits per heavy atom. The normalized spacial score (nSPS) is 15.7. The molecule has 1 aliphatic heterocycles. The number of ether oxygens (including phenoxy) is 1. The Kier molecular flexibility index (Phi) is 6.08. The predicted octanol–water partition coefficient (Wildman–Crippen LogP) is 1.96. The fourth-order valence-corrected chi connectivity index (χ4v) is 3.20. The lowest BCUT2D eigenvalue weighted by molar-refractivity contribution is -0.00924. The highest BCUT2D eigenvalue weighted by atomic mass is 35.5. The van der Waals surface area contributed by atoms with Crippen molar-refractivity contribution in [3.63, 3.8) is 0 Å². The molecule has 1 saturated heterocycles. The third-order valence-electron chi connectivity index (χ3n) is 4.67. The van der Waals surface area contributed by atoms with E-state index in [-0.39, 0.29) is 17.1 Å². The summed E-state index contributed by atoms with van der Waals surface area (Å²) in [7, 11) is 0. The molecule has 7 nitrogen and oxygen atoms in total. The maximum atomic E-state index is 13.1. The van der Waals surface area contributed by atoms with Gasteiger partial charge in [0.15, 0.2) is 5.69 Å². The first kappa shape index (κ1) is 19.7. The van der Waals surface area contributed by atoms with Crippen molar-refractivity contribution in [3.05, 3.63) is 46.5 Å². The average molecular weight is 396 g/mol. The van der Waals surface area contributed by atoms with E-state index in [2.05, 4.69) is 34.4 Å². The second kappa shape index (κ2) is 8.33. The monoisotopic (exact) mass is 395 g/mol. The standard InChI is InChI=1S/C18H23ClFN5O2/c1-18(2,24-5-7-27-8-6-24)12-21-17(26)16-11-25(23-22-16)10-13-3-4-14(20)9-15(13)19/h3-4,9,11H,5-8,10,12H2,1-2H3,(H,21,26). The zero-order valence-corrected chi connectivity index (χ0v) is 16.2. The highest BCUT2D eigenvalue weighted by Crippen LogP contribution is 2.18. The number of benzene rings is 1. The van der Waals surface area contributed by atoms with Gasteiger partial charge in [0.25, 0.3) is 5.91 Å². The SMILES string of the molecule is CC(C)(CNC(=O)c1cn(Cc2ccc(F)cc2Cl)nn1)N1CCOCC1. The largest absolute Gasteiger partial charge is 0.379 e. The van der Waals surface area contributed by atoms with Crippen LogP contribution in [-0.4, -0.2) is 64.2 Å². The smallest absolute Gasteiger partial charge is 0.273 e. The molecule has 2 heterocycles. The van der Waals surface area contributed by atoms with Gasteiger partial charge in [-0.1, -0.05) is 22.9 Å². The van der Waals surface area contributed by atoms with Crippen LogP contribution in [0.5, 0.6) is 0 Å². The lowest BCUT2D eigenvalue weighted by Gasteiger charge is -2.40. The molecule has 1 fully saturated rings. The van der Waals surface area contributed by atoms with Gasteiger partial charge in [-0.3, -0.25) is 9.69 Å². The third kappa shape index (κ3) is 5.03. The van der Waals surface area contributed by atoms with Crippen molar-refractivity contribution in [2.45, 2.75) is 25.9 Å². The maximum absolute atomic E-state index is 13.1. The van der Waals surface area contributed by atoms with Gasteiger partial charge in [0.05, 0.1) is 26.0 Å². The number of carbonyl (C=O) groups is 1. The summed E-state index contributed by atoms with van der Waals surface area (Å²) in [5.41, 5.74) is 0.742. The van der Waals surface area contributed by atoms with Crippen molar-refractivity contribution in [2.24, 2.45) is 0 Å². The Bertz CT molecular complexity index is 805. The summed E-state index contributed by atoms with van der Waals surface area (Å²) < 4.78 is 20.0. The molecule has 9 heteroatoms. The van der Waals surface area contributed by atoms with E-state index in [4.69, 9.17) is 16.3 Å². The van der Waals surface area contributed by atoms with Crippen molar-refractivity contribution in [1.82, 2.24) is 25.2 Å². The van der Waals surface area contributed by atoms with Crippen molar-refractivity contribution in [1.29, 1.82) is 0 Å². The number of nitrogens with one attached hydrogen (secondary N) is 1. The van der Waals surface area contributed by atoms with Crippen molar-refractivity contribution in [3.8, 4) is 0 Å². The lowest BCUT2D eigenvalue weighted by atomic mass is 10.0. The molecule has 2 aromatic rings. The van der Waals surface area contributed by atoms with Gasteiger partial charge in [0.2, 0.25) is 0 Å². The minimum Gasteiger partial charge on any atom is -0.379 e. The Balaban J connectivity index is 1.58. The molecule has 1 aromatic carbocycles. The zero-order chi connectivity index (χ0) is 19.4. The Labute approximate surface area is 162 Å². The summed E-state index contributed by atoms with van der Waals surface area (Å²) in [5, 5.41) is 11.1. The van der Waals surface area contributed by atoms with Gasteiger partial charge in [0.1, 0.15) is 5.82 Å². The minimum absolute atomic E-state index is 0.183. The van der Waals surface area contributed by atoms with Gasteiger partial charge in [-0.05, 0) is 31.5 Å². The van der Waals surface area contributed by atoms with Gasteiger partial charge in [0, 0.05) is 30.2 Å². The molecule has 27 heavy (non-hydrogen) atoms. The van der Waals surface area contributed by atoms with E-state index in [0.717, 1.165) is 13.1 Å². The van der Waals surface area contributed by atoms with E-state index in [9.17, 15) is 9.18 Å². The number of rotatable bonds is 6. The average Bonchev–Trinajstić information content (AvgIpc) is 3.12. The first-order valence-electron chi connectivity index (χ1n) is 8.80. The maximum Gasteiger partial charge on any atom is 0.273 e. The number of carbonyl (C=O) groups excluding carboxylic acids is 1. The number of halogens is 2. The Morgan fingerprint density at radius 1 is 1.37 bits per heavy atom. The molecule has 1 aliphatic rings. The van der Waals surface area contributed by atoms with Crippen molar-refractivity contribution < 1.29 is 13.9 Å². The van der Waals surface area contributed by atoms with E-state index >= 15 is 0 Å². The summed E-state index contributed by atoms with van der Waals surface area (Å²) in [5.74, 6) is -0.682. The molecule has 0 saturated carbocycles. The van der Waals surface area contributed by atoms with E-state index in [1.165, 1.54) is 16.8 Å². The first-order chi connectivity index (χ1) is 12.8. The van der Waals surface area contributed by atoms with Crippen LogP contribution in [0, 0.1) is 5.82 Å². The zero-order valence-electron chi connectivity index (χ0n) is 15.4. The van der Waals surface area contributed by atoms with Crippen LogP contribution in [0.15, 0.2) is 24.4 Å². The van der Waals surface area contributed by atoms with Crippen LogP contribution >= 0.6 is 11.6 Å². The molecule has 0 radical (unpaired) electrons. The molecule has 3 rings (SSSR count). The van der Waals surface area contributed by atoms with Gasteiger partial charge >= 0.3 is 0 Å². The third-order valence-corrected chi connectivity index (χ3v) is 5.02. The molecule has 0 spiro atoms. The quantitative estimate of drug-likeness (QED) is 0.809. The van der Waals surface area contributed by atoms with Gasteiger partial charge in [-0.15, -0.1) is 5.10 Å². The molecule has 146 valence electrons. The molecule has 1 N–H and O–H groups in total. The van der Waals surface area contributed by atoms with Crippen LogP contribution in [-0.2, 0) is 11.3 Å². The number of nitrogens with zero attached hydrogens (tertiary/aromatic N) is 4. The molecule has 0 bridgehead atoms. The van der Waals surface area contributed by atoms with E-state index in [1.807, 2.05) is 0 Å². The Morgan fingerprint density at radius 3 is 2.81 bits per heavy atom. The van der Waals surface area contributed by atoms with Crippen LogP contribution in [0.3, 0.4) is 0 Å². The number of hydrogen-bond acceptors (Lipinski definition) is 5. The van der Waals surface area contributed by atoms with E-state index in [0.29, 0.717) is 36.9 Å². The second-order valence-corrected chi connectivity index (χ2v) is 7.54. The van der Waals surface area contributed by atoms with Crippen LogP contribution in [0.1, 0.15) is 29.9 Å². The summed E-state index contributed by atoms with van der Waals surface area (Å²) >= 11 is 6.03. The van der Waals surface area contributed by atoms with E-state index < -0.39 is 5.82 Å². The van der Waals surface area contributed by atoms with Crippen LogP contribution in [0.25, 0.3) is 0 Å². The van der Waals surface area contributed by atoms with Gasteiger partial charge in [-0.25, -0.2) is 9.07 Å². The molecular weight excluding hydrogens is 373 g/mol. The highest BCUT2D eigenvalue weighted by Gasteiger charge is 2.29. The number of hydrogen-bond donors (Lipinski definition) is 1. The van der Waals surface area contributed by atoms with Gasteiger partial charge in [-0.2, -0.15) is 0 Å². The van der Waals surface area contributed by atoms with Crippen molar-refractivity contribution >= 4 is 17.5 Å². The summed E-state index contributed by atoms with van der Waals surface area (Å²) in [4.78, 5) is 14.7. The minimum atomic E-state index is -0.398. The molecular formula is C18H23ClFN5O2. The molecule has 0 aliphatic carbocycles. The molecule has 1 aromatic heterocycles. The highest BCUT2D eigenvalue weighted by molar-refractivity contribution is 6.31. The first-order valence-corrected chi connectivity index (χ1v) is 9.18.